The number of aliphatic hydroxyl groups excluding tert-OH is 1. The van der Waals surface area contributed by atoms with Gasteiger partial charge >= 0.3 is 0 Å². The van der Waals surface area contributed by atoms with Crippen LogP contribution in [0.1, 0.15) is 17.5 Å². The molecule has 0 aliphatic carbocycles. The van der Waals surface area contributed by atoms with Crippen molar-refractivity contribution < 1.29 is 10.2 Å². The van der Waals surface area contributed by atoms with E-state index >= 15 is 0 Å². The van der Waals surface area contributed by atoms with E-state index in [-0.39, 0.29) is 6.54 Å². The first kappa shape index (κ1) is 11.0. The number of hydrogen-bond donors (Lipinski definition) is 3. The minimum Gasteiger partial charge on any atom is -0.508 e. The average Bonchev–Trinajstić information content (AvgIpc) is 2.19. The minimum atomic E-state index is -0.477. The van der Waals surface area contributed by atoms with E-state index in [1.807, 2.05) is 19.1 Å². The topological polar surface area (TPSA) is 66.5 Å². The van der Waals surface area contributed by atoms with Crippen LogP contribution in [0.3, 0.4) is 0 Å². The molecule has 1 atom stereocenters. The maximum atomic E-state index is 9.51. The number of aryl methyl sites for hydroxylation is 2. The first-order chi connectivity index (χ1) is 6.63. The molecule has 0 fully saturated rings. The lowest BCUT2D eigenvalue weighted by Crippen LogP contribution is -2.20. The molecule has 1 aromatic rings. The average molecular weight is 195 g/mol. The van der Waals surface area contributed by atoms with E-state index in [9.17, 15) is 10.2 Å². The summed E-state index contributed by atoms with van der Waals surface area (Å²) >= 11 is 0. The Morgan fingerprint density at radius 3 is 2.79 bits per heavy atom. The second kappa shape index (κ2) is 4.98. The summed E-state index contributed by atoms with van der Waals surface area (Å²) in [4.78, 5) is 0. The van der Waals surface area contributed by atoms with Gasteiger partial charge in [-0.3, -0.25) is 0 Å². The van der Waals surface area contributed by atoms with Crippen molar-refractivity contribution in [3.8, 4) is 5.75 Å². The molecule has 14 heavy (non-hydrogen) atoms. The summed E-state index contributed by atoms with van der Waals surface area (Å²) in [5, 5.41) is 18.8. The summed E-state index contributed by atoms with van der Waals surface area (Å²) in [7, 11) is 0. The molecule has 0 aliphatic rings. The van der Waals surface area contributed by atoms with Crippen LogP contribution in [0.25, 0.3) is 0 Å². The molecule has 1 rings (SSSR count). The number of nitrogens with two attached hydrogens (primary N) is 1. The Bertz CT molecular complexity index is 299. The Morgan fingerprint density at radius 2 is 2.14 bits per heavy atom. The molecule has 3 heteroatoms. The second-order valence-electron chi connectivity index (χ2n) is 3.56. The van der Waals surface area contributed by atoms with Crippen LogP contribution in [0, 0.1) is 6.92 Å². The van der Waals surface area contributed by atoms with Gasteiger partial charge < -0.3 is 15.9 Å². The van der Waals surface area contributed by atoms with Gasteiger partial charge in [-0.05, 0) is 31.4 Å². The molecule has 0 saturated heterocycles. The lowest BCUT2D eigenvalue weighted by molar-refractivity contribution is 0.173. The van der Waals surface area contributed by atoms with E-state index in [0.29, 0.717) is 18.6 Å². The highest BCUT2D eigenvalue weighted by Crippen LogP contribution is 2.20. The molecule has 0 radical (unpaired) electrons. The Balaban J connectivity index is 2.62. The summed E-state index contributed by atoms with van der Waals surface area (Å²) in [6, 6.07) is 5.47. The van der Waals surface area contributed by atoms with Crippen molar-refractivity contribution >= 4 is 0 Å². The Hall–Kier alpha value is -1.06. The molecule has 1 unspecified atom stereocenters. The maximum Gasteiger partial charge on any atom is 0.118 e. The van der Waals surface area contributed by atoms with Crippen molar-refractivity contribution in [2.24, 2.45) is 5.73 Å². The normalized spacial score (nSPS) is 12.8. The molecule has 0 aromatic heterocycles. The molecule has 0 amide bonds. The van der Waals surface area contributed by atoms with Gasteiger partial charge in [0.25, 0.3) is 0 Å². The van der Waals surface area contributed by atoms with Crippen molar-refractivity contribution in [1.29, 1.82) is 0 Å². The SMILES string of the molecule is Cc1ccc(O)c(CCC(O)CN)c1. The minimum absolute atomic E-state index is 0.270. The van der Waals surface area contributed by atoms with Crippen LogP contribution >= 0.6 is 0 Å². The molecule has 78 valence electrons. The van der Waals surface area contributed by atoms with E-state index in [4.69, 9.17) is 5.73 Å². The van der Waals surface area contributed by atoms with Crippen molar-refractivity contribution in [2.45, 2.75) is 25.9 Å². The molecular weight excluding hydrogens is 178 g/mol. The van der Waals surface area contributed by atoms with Gasteiger partial charge in [-0.1, -0.05) is 17.7 Å². The van der Waals surface area contributed by atoms with Crippen LogP contribution in [0.5, 0.6) is 5.75 Å². The fourth-order valence-electron chi connectivity index (χ4n) is 1.35. The van der Waals surface area contributed by atoms with Crippen molar-refractivity contribution in [3.63, 3.8) is 0 Å². The zero-order valence-electron chi connectivity index (χ0n) is 8.40. The molecule has 0 spiro atoms. The van der Waals surface area contributed by atoms with Crippen LogP contribution in [0.2, 0.25) is 0 Å². The van der Waals surface area contributed by atoms with Crippen LogP contribution < -0.4 is 5.73 Å². The predicted octanol–water partition coefficient (Wildman–Crippen LogP) is 0.953. The quantitative estimate of drug-likeness (QED) is 0.670. The smallest absolute Gasteiger partial charge is 0.118 e. The van der Waals surface area contributed by atoms with Gasteiger partial charge in [0.05, 0.1) is 6.10 Å². The summed E-state index contributed by atoms with van der Waals surface area (Å²) in [5.74, 6) is 0.292. The van der Waals surface area contributed by atoms with Gasteiger partial charge in [-0.2, -0.15) is 0 Å². The third-order valence-corrected chi connectivity index (χ3v) is 2.25. The van der Waals surface area contributed by atoms with Crippen molar-refractivity contribution in [1.82, 2.24) is 0 Å². The number of hydrogen-bond acceptors (Lipinski definition) is 3. The van der Waals surface area contributed by atoms with Gasteiger partial charge in [-0.15, -0.1) is 0 Å². The Labute approximate surface area is 84.2 Å². The fourth-order valence-corrected chi connectivity index (χ4v) is 1.35. The second-order valence-corrected chi connectivity index (χ2v) is 3.56. The number of aromatic hydroxyl groups is 1. The lowest BCUT2D eigenvalue weighted by atomic mass is 10.0. The van der Waals surface area contributed by atoms with E-state index < -0.39 is 6.10 Å². The summed E-state index contributed by atoms with van der Waals surface area (Å²) in [5.41, 5.74) is 7.28. The summed E-state index contributed by atoms with van der Waals surface area (Å²) in [6.07, 6.45) is 0.772. The van der Waals surface area contributed by atoms with Crippen molar-refractivity contribution in [2.75, 3.05) is 6.54 Å². The first-order valence-electron chi connectivity index (χ1n) is 4.80. The monoisotopic (exact) mass is 195 g/mol. The Kier molecular flexibility index (Phi) is 3.92. The molecule has 0 aliphatic heterocycles. The number of aliphatic hydroxyl groups is 1. The highest BCUT2D eigenvalue weighted by Gasteiger charge is 2.05. The summed E-state index contributed by atoms with van der Waals surface area (Å²) < 4.78 is 0. The van der Waals surface area contributed by atoms with Gasteiger partial charge in [-0.25, -0.2) is 0 Å². The Morgan fingerprint density at radius 1 is 1.43 bits per heavy atom. The third-order valence-electron chi connectivity index (χ3n) is 2.25. The van der Waals surface area contributed by atoms with Crippen LogP contribution in [0.4, 0.5) is 0 Å². The zero-order chi connectivity index (χ0) is 10.6. The number of rotatable bonds is 4. The van der Waals surface area contributed by atoms with Crippen LogP contribution in [-0.2, 0) is 6.42 Å². The molecule has 3 nitrogen and oxygen atoms in total. The highest BCUT2D eigenvalue weighted by molar-refractivity contribution is 5.35. The number of phenolic OH excluding ortho intramolecular Hbond substituents is 1. The fraction of sp³-hybridized carbons (Fsp3) is 0.455. The van der Waals surface area contributed by atoms with Crippen LogP contribution in [0.15, 0.2) is 18.2 Å². The van der Waals surface area contributed by atoms with Gasteiger partial charge in [0.2, 0.25) is 0 Å². The van der Waals surface area contributed by atoms with Crippen molar-refractivity contribution in [3.05, 3.63) is 29.3 Å². The number of phenols is 1. The first-order valence-corrected chi connectivity index (χ1v) is 4.80. The zero-order valence-corrected chi connectivity index (χ0v) is 8.40. The van der Waals surface area contributed by atoms with Gasteiger partial charge in [0, 0.05) is 6.54 Å². The number of benzene rings is 1. The molecular formula is C11H17NO2. The molecule has 1 aromatic carbocycles. The van der Waals surface area contributed by atoms with Gasteiger partial charge in [0.15, 0.2) is 0 Å². The maximum absolute atomic E-state index is 9.51. The highest BCUT2D eigenvalue weighted by atomic mass is 16.3. The largest absolute Gasteiger partial charge is 0.508 e. The van der Waals surface area contributed by atoms with E-state index in [0.717, 1.165) is 11.1 Å². The molecule has 4 N–H and O–H groups in total. The molecule has 0 heterocycles. The third kappa shape index (κ3) is 3.01. The summed E-state index contributed by atoms with van der Waals surface area (Å²) in [6.45, 7) is 2.24. The molecule has 0 bridgehead atoms. The lowest BCUT2D eigenvalue weighted by Gasteiger charge is -2.09. The van der Waals surface area contributed by atoms with E-state index in [1.54, 1.807) is 6.07 Å². The van der Waals surface area contributed by atoms with E-state index in [1.165, 1.54) is 0 Å². The van der Waals surface area contributed by atoms with Gasteiger partial charge in [0.1, 0.15) is 5.75 Å². The standard InChI is InChI=1S/C11H17NO2/c1-8-2-5-11(14)9(6-8)3-4-10(13)7-12/h2,5-6,10,13-14H,3-4,7,12H2,1H3. The van der Waals surface area contributed by atoms with E-state index in [2.05, 4.69) is 0 Å². The predicted molar refractivity (Wildman–Crippen MR) is 56.2 cm³/mol. The van der Waals surface area contributed by atoms with Crippen LogP contribution in [-0.4, -0.2) is 22.9 Å². The molecule has 0 saturated carbocycles.